The van der Waals surface area contributed by atoms with Gasteiger partial charge >= 0.3 is 0 Å². The number of aryl methyl sites for hydroxylation is 1. The minimum absolute atomic E-state index is 0.0441. The van der Waals surface area contributed by atoms with Gasteiger partial charge in [0.15, 0.2) is 0 Å². The Kier molecular flexibility index (Phi) is 4.62. The number of phenolic OH excluding ortho intramolecular Hbond substituents is 1. The molecule has 2 bridgehead atoms. The van der Waals surface area contributed by atoms with Crippen molar-refractivity contribution < 1.29 is 9.84 Å². The Labute approximate surface area is 141 Å². The van der Waals surface area contributed by atoms with Gasteiger partial charge in [0.25, 0.3) is 0 Å². The molecule has 2 unspecified atom stereocenters. The number of ether oxygens (including phenoxy) is 1. The van der Waals surface area contributed by atoms with E-state index in [1.165, 1.54) is 31.2 Å². The molecule has 2 heteroatoms. The Morgan fingerprint density at radius 1 is 1.30 bits per heavy atom. The van der Waals surface area contributed by atoms with Crippen molar-refractivity contribution in [2.45, 2.75) is 84.2 Å². The Morgan fingerprint density at radius 3 is 2.78 bits per heavy atom. The molecule has 1 heterocycles. The molecular formula is C21H32O2. The molecule has 1 fully saturated rings. The van der Waals surface area contributed by atoms with Crippen molar-refractivity contribution in [1.82, 2.24) is 0 Å². The minimum Gasteiger partial charge on any atom is -0.508 e. The van der Waals surface area contributed by atoms with Crippen molar-refractivity contribution in [3.8, 4) is 11.5 Å². The summed E-state index contributed by atoms with van der Waals surface area (Å²) < 4.78 is 6.39. The van der Waals surface area contributed by atoms with Gasteiger partial charge in [-0.25, -0.2) is 0 Å². The van der Waals surface area contributed by atoms with Crippen LogP contribution in [0.5, 0.6) is 11.5 Å². The van der Waals surface area contributed by atoms with E-state index in [1.807, 2.05) is 6.07 Å². The van der Waals surface area contributed by atoms with Crippen LogP contribution in [0.3, 0.4) is 0 Å². The Hall–Kier alpha value is -1.18. The molecule has 3 atom stereocenters. The molecule has 1 saturated carbocycles. The molecule has 1 aliphatic carbocycles. The fraction of sp³-hybridized carbons (Fsp3) is 0.714. The van der Waals surface area contributed by atoms with Gasteiger partial charge in [0.1, 0.15) is 17.1 Å². The van der Waals surface area contributed by atoms with Crippen LogP contribution in [-0.4, -0.2) is 10.7 Å². The molecule has 128 valence electrons. The van der Waals surface area contributed by atoms with Crippen LogP contribution >= 0.6 is 0 Å². The van der Waals surface area contributed by atoms with Crippen LogP contribution in [-0.2, 0) is 6.42 Å². The molecule has 0 saturated heterocycles. The standard InChI is InChI=1S/C21H32O2/c1-5-6-7-8-15-11-18(22)20-17-13-21(4,23-19(20)12-15)10-9-16(17)14(2)3/h11-12,14,16-17,22H,5-10,13H2,1-4H3/t16-,17?,21?/m1/s1. The molecule has 1 aliphatic heterocycles. The molecule has 1 N–H and O–H groups in total. The van der Waals surface area contributed by atoms with E-state index in [2.05, 4.69) is 33.8 Å². The molecule has 0 spiro atoms. The number of phenols is 1. The van der Waals surface area contributed by atoms with Crippen molar-refractivity contribution in [2.24, 2.45) is 11.8 Å². The number of fused-ring (bicyclic) bond motifs is 4. The molecule has 2 nitrogen and oxygen atoms in total. The first-order valence-corrected chi connectivity index (χ1v) is 9.48. The topological polar surface area (TPSA) is 29.5 Å². The first-order valence-electron chi connectivity index (χ1n) is 9.48. The highest BCUT2D eigenvalue weighted by atomic mass is 16.5. The second-order valence-electron chi connectivity index (χ2n) is 8.29. The molecule has 2 aliphatic rings. The molecular weight excluding hydrogens is 284 g/mol. The zero-order valence-electron chi connectivity index (χ0n) is 15.2. The van der Waals surface area contributed by atoms with Gasteiger partial charge in [-0.2, -0.15) is 0 Å². The van der Waals surface area contributed by atoms with E-state index in [9.17, 15) is 5.11 Å². The summed E-state index contributed by atoms with van der Waals surface area (Å²) in [4.78, 5) is 0. The summed E-state index contributed by atoms with van der Waals surface area (Å²) in [6, 6.07) is 4.20. The minimum atomic E-state index is -0.0441. The predicted molar refractivity (Wildman–Crippen MR) is 95.3 cm³/mol. The van der Waals surface area contributed by atoms with E-state index in [4.69, 9.17) is 4.74 Å². The third-order valence-electron chi connectivity index (χ3n) is 6.01. The quantitative estimate of drug-likeness (QED) is 0.694. The third-order valence-corrected chi connectivity index (χ3v) is 6.01. The normalized spacial score (nSPS) is 29.3. The lowest BCUT2D eigenvalue weighted by Gasteiger charge is -2.49. The van der Waals surface area contributed by atoms with Crippen LogP contribution in [0.15, 0.2) is 12.1 Å². The second-order valence-corrected chi connectivity index (χ2v) is 8.29. The van der Waals surface area contributed by atoms with E-state index in [1.54, 1.807) is 0 Å². The van der Waals surface area contributed by atoms with Crippen LogP contribution in [0.25, 0.3) is 0 Å². The summed E-state index contributed by atoms with van der Waals surface area (Å²) in [5.41, 5.74) is 2.26. The van der Waals surface area contributed by atoms with Crippen LogP contribution in [0, 0.1) is 11.8 Å². The van der Waals surface area contributed by atoms with Gasteiger partial charge in [0.05, 0.1) is 0 Å². The maximum Gasteiger partial charge on any atom is 0.127 e. The van der Waals surface area contributed by atoms with E-state index in [-0.39, 0.29) is 5.60 Å². The van der Waals surface area contributed by atoms with Crippen LogP contribution < -0.4 is 4.74 Å². The summed E-state index contributed by atoms with van der Waals surface area (Å²) in [5.74, 6) is 3.18. The van der Waals surface area contributed by atoms with E-state index >= 15 is 0 Å². The molecule has 0 radical (unpaired) electrons. The van der Waals surface area contributed by atoms with Gasteiger partial charge in [-0.3, -0.25) is 0 Å². The number of hydrogen-bond donors (Lipinski definition) is 1. The summed E-state index contributed by atoms with van der Waals surface area (Å²) in [6.07, 6.45) is 8.07. The third kappa shape index (κ3) is 3.22. The molecule has 1 aromatic rings. The summed E-state index contributed by atoms with van der Waals surface area (Å²) >= 11 is 0. The number of hydrogen-bond acceptors (Lipinski definition) is 2. The second kappa shape index (κ2) is 6.37. The van der Waals surface area contributed by atoms with Gasteiger partial charge in [0, 0.05) is 5.56 Å². The lowest BCUT2D eigenvalue weighted by atomic mass is 9.64. The first-order chi connectivity index (χ1) is 10.9. The first kappa shape index (κ1) is 16.7. The molecule has 0 aromatic heterocycles. The summed E-state index contributed by atoms with van der Waals surface area (Å²) in [5, 5.41) is 10.7. The number of rotatable bonds is 5. The average molecular weight is 316 g/mol. The smallest absolute Gasteiger partial charge is 0.127 e. The predicted octanol–water partition coefficient (Wildman–Crippen LogP) is 5.82. The fourth-order valence-electron chi connectivity index (χ4n) is 4.71. The largest absolute Gasteiger partial charge is 0.508 e. The highest BCUT2D eigenvalue weighted by Crippen LogP contribution is 2.55. The van der Waals surface area contributed by atoms with Gasteiger partial charge in [-0.1, -0.05) is 33.6 Å². The zero-order chi connectivity index (χ0) is 16.6. The van der Waals surface area contributed by atoms with Crippen molar-refractivity contribution in [2.75, 3.05) is 0 Å². The molecule has 23 heavy (non-hydrogen) atoms. The number of unbranched alkanes of at least 4 members (excludes halogenated alkanes) is 2. The van der Waals surface area contributed by atoms with Gasteiger partial charge in [0.2, 0.25) is 0 Å². The molecule has 1 aromatic carbocycles. The van der Waals surface area contributed by atoms with E-state index in [0.717, 1.165) is 30.6 Å². The van der Waals surface area contributed by atoms with E-state index in [0.29, 0.717) is 23.5 Å². The Bertz CT molecular complexity index is 563. The Morgan fingerprint density at radius 2 is 2.09 bits per heavy atom. The highest BCUT2D eigenvalue weighted by Gasteiger charge is 2.46. The number of aromatic hydroxyl groups is 1. The summed E-state index contributed by atoms with van der Waals surface area (Å²) in [7, 11) is 0. The zero-order valence-corrected chi connectivity index (χ0v) is 15.2. The molecule has 3 rings (SSSR count). The Balaban J connectivity index is 1.94. The lowest BCUT2D eigenvalue weighted by Crippen LogP contribution is -2.45. The van der Waals surface area contributed by atoms with Crippen molar-refractivity contribution in [3.05, 3.63) is 23.3 Å². The van der Waals surface area contributed by atoms with Gasteiger partial charge in [-0.05, 0) is 74.5 Å². The van der Waals surface area contributed by atoms with Crippen molar-refractivity contribution >= 4 is 0 Å². The maximum atomic E-state index is 10.7. The van der Waals surface area contributed by atoms with Gasteiger partial charge in [-0.15, -0.1) is 0 Å². The van der Waals surface area contributed by atoms with Crippen LogP contribution in [0.2, 0.25) is 0 Å². The SMILES string of the molecule is CCCCCc1cc(O)c2c(c1)OC1(C)CC[C@H](C(C)C)C2C1. The fourth-order valence-corrected chi connectivity index (χ4v) is 4.71. The monoisotopic (exact) mass is 316 g/mol. The highest BCUT2D eigenvalue weighted by molar-refractivity contribution is 5.52. The van der Waals surface area contributed by atoms with Gasteiger partial charge < -0.3 is 9.84 Å². The van der Waals surface area contributed by atoms with Crippen LogP contribution in [0.4, 0.5) is 0 Å². The molecule has 0 amide bonds. The lowest BCUT2D eigenvalue weighted by molar-refractivity contribution is -0.00866. The van der Waals surface area contributed by atoms with Crippen molar-refractivity contribution in [1.29, 1.82) is 0 Å². The van der Waals surface area contributed by atoms with Crippen LogP contribution in [0.1, 0.15) is 83.3 Å². The summed E-state index contributed by atoms with van der Waals surface area (Å²) in [6.45, 7) is 9.11. The maximum absolute atomic E-state index is 10.7. The van der Waals surface area contributed by atoms with E-state index < -0.39 is 0 Å². The average Bonchev–Trinajstić information content (AvgIpc) is 2.46. The number of benzene rings is 1. The van der Waals surface area contributed by atoms with Crippen molar-refractivity contribution in [3.63, 3.8) is 0 Å².